The Morgan fingerprint density at radius 3 is 1.52 bits per heavy atom. The van der Waals surface area contributed by atoms with Gasteiger partial charge in [0.05, 0.1) is 16.8 Å². The van der Waals surface area contributed by atoms with Gasteiger partial charge in [0.25, 0.3) is 0 Å². The summed E-state index contributed by atoms with van der Waals surface area (Å²) in [6.07, 6.45) is 0. The first-order valence-corrected chi connectivity index (χ1v) is 18.7. The van der Waals surface area contributed by atoms with E-state index in [2.05, 4.69) is 229 Å². The number of nitrogens with zero attached hydrogens (tertiary/aromatic N) is 1. The van der Waals surface area contributed by atoms with E-state index in [1.165, 1.54) is 66.4 Å². The molecule has 254 valence electrons. The summed E-state index contributed by atoms with van der Waals surface area (Å²) in [5.41, 5.74) is 15.3. The van der Waals surface area contributed by atoms with Gasteiger partial charge in [-0.05, 0) is 79.5 Å². The number of benzene rings is 9. The largest absolute Gasteiger partial charge is 0.309 e. The maximum atomic E-state index is 2.47. The highest BCUT2D eigenvalue weighted by molar-refractivity contribution is 6.00. The average Bonchev–Trinajstić information content (AvgIpc) is 3.57. The first-order chi connectivity index (χ1) is 26.8. The molecule has 1 aliphatic carbocycles. The quantitative estimate of drug-likeness (QED) is 0.161. The van der Waals surface area contributed by atoms with Crippen LogP contribution in [0.3, 0.4) is 0 Å². The number of anilines is 3. The molecule has 0 amide bonds. The summed E-state index contributed by atoms with van der Waals surface area (Å²) in [7, 11) is 0. The Morgan fingerprint density at radius 1 is 0.315 bits per heavy atom. The normalized spacial score (nSPS) is 12.6. The Bertz CT molecular complexity index is 2700. The minimum absolute atomic E-state index is 0.482. The van der Waals surface area contributed by atoms with Crippen LogP contribution in [-0.4, -0.2) is 0 Å². The zero-order valence-electron chi connectivity index (χ0n) is 29.8. The molecule has 9 aromatic rings. The van der Waals surface area contributed by atoms with Crippen molar-refractivity contribution in [2.45, 2.75) is 5.41 Å². The van der Waals surface area contributed by atoms with Crippen LogP contribution in [0.2, 0.25) is 0 Å². The van der Waals surface area contributed by atoms with Crippen molar-refractivity contribution < 1.29 is 0 Å². The van der Waals surface area contributed by atoms with Crippen molar-refractivity contribution in [1.29, 1.82) is 0 Å². The van der Waals surface area contributed by atoms with E-state index in [0.717, 1.165) is 17.1 Å². The maximum Gasteiger partial charge on any atom is 0.0714 e. The summed E-state index contributed by atoms with van der Waals surface area (Å²) in [6.45, 7) is 0. The summed E-state index contributed by atoms with van der Waals surface area (Å²) in [5.74, 6) is 0. The van der Waals surface area contributed by atoms with E-state index >= 15 is 0 Å². The highest BCUT2D eigenvalue weighted by atomic mass is 15.1. The number of hydrogen-bond acceptors (Lipinski definition) is 1. The van der Waals surface area contributed by atoms with Crippen molar-refractivity contribution in [1.82, 2.24) is 0 Å². The van der Waals surface area contributed by atoms with Crippen LogP contribution >= 0.6 is 0 Å². The first-order valence-electron chi connectivity index (χ1n) is 18.7. The molecular formula is C53H37N. The van der Waals surface area contributed by atoms with Crippen LogP contribution in [0.4, 0.5) is 17.1 Å². The lowest BCUT2D eigenvalue weighted by molar-refractivity contribution is 0.768. The summed E-state index contributed by atoms with van der Waals surface area (Å²) >= 11 is 0. The molecule has 1 aliphatic rings. The molecule has 0 bridgehead atoms. The van der Waals surface area contributed by atoms with Crippen molar-refractivity contribution in [3.05, 3.63) is 247 Å². The van der Waals surface area contributed by atoms with E-state index in [4.69, 9.17) is 0 Å². The minimum Gasteiger partial charge on any atom is -0.309 e. The van der Waals surface area contributed by atoms with Gasteiger partial charge in [-0.15, -0.1) is 0 Å². The zero-order chi connectivity index (χ0) is 35.9. The fourth-order valence-electron chi connectivity index (χ4n) is 8.86. The van der Waals surface area contributed by atoms with E-state index in [1.807, 2.05) is 0 Å². The van der Waals surface area contributed by atoms with E-state index in [1.54, 1.807) is 0 Å². The van der Waals surface area contributed by atoms with E-state index in [0.29, 0.717) is 0 Å². The lowest BCUT2D eigenvalue weighted by Gasteiger charge is -2.34. The number of rotatable bonds is 7. The lowest BCUT2D eigenvalue weighted by atomic mass is 9.68. The number of hydrogen-bond donors (Lipinski definition) is 0. The van der Waals surface area contributed by atoms with Crippen LogP contribution in [0.5, 0.6) is 0 Å². The van der Waals surface area contributed by atoms with Crippen molar-refractivity contribution in [2.24, 2.45) is 0 Å². The van der Waals surface area contributed by atoms with E-state index in [9.17, 15) is 0 Å². The minimum atomic E-state index is -0.482. The Balaban J connectivity index is 1.19. The van der Waals surface area contributed by atoms with Gasteiger partial charge in [-0.25, -0.2) is 0 Å². The topological polar surface area (TPSA) is 3.24 Å². The molecule has 0 spiro atoms. The first kappa shape index (κ1) is 31.7. The molecule has 0 aromatic heterocycles. The van der Waals surface area contributed by atoms with Crippen LogP contribution in [0.25, 0.3) is 44.2 Å². The third-order valence-corrected chi connectivity index (χ3v) is 11.2. The van der Waals surface area contributed by atoms with Gasteiger partial charge < -0.3 is 4.90 Å². The fraction of sp³-hybridized carbons (Fsp3) is 0.0189. The predicted octanol–water partition coefficient (Wildman–Crippen LogP) is 14.0. The zero-order valence-corrected chi connectivity index (χ0v) is 29.8. The van der Waals surface area contributed by atoms with Crippen molar-refractivity contribution in [3.8, 4) is 33.4 Å². The molecule has 9 aromatic carbocycles. The maximum absolute atomic E-state index is 2.47. The predicted molar refractivity (Wildman–Crippen MR) is 227 cm³/mol. The van der Waals surface area contributed by atoms with Gasteiger partial charge in [-0.1, -0.05) is 200 Å². The van der Waals surface area contributed by atoms with Gasteiger partial charge >= 0.3 is 0 Å². The molecule has 1 heteroatoms. The Kier molecular flexibility index (Phi) is 7.78. The van der Waals surface area contributed by atoms with Crippen molar-refractivity contribution in [2.75, 3.05) is 4.90 Å². The summed E-state index contributed by atoms with van der Waals surface area (Å²) in [4.78, 5) is 2.47. The SMILES string of the molecule is c1ccc(N(c2ccccc2-c2ccc(-c3cccc4ccccc34)cc2)c2cccc3c2-c2ccccc2C3(c2ccccc2)c2ccccc2)cc1. The number of fused-ring (bicyclic) bond motifs is 4. The Labute approximate surface area is 317 Å². The van der Waals surface area contributed by atoms with Gasteiger partial charge in [0, 0.05) is 16.8 Å². The third kappa shape index (κ3) is 5.01. The molecular weight excluding hydrogens is 651 g/mol. The molecule has 0 unspecified atom stereocenters. The van der Waals surface area contributed by atoms with Gasteiger partial charge in [0.1, 0.15) is 0 Å². The molecule has 0 atom stereocenters. The summed E-state index contributed by atoms with van der Waals surface area (Å²) in [6, 6.07) is 81.9. The molecule has 0 saturated carbocycles. The highest BCUT2D eigenvalue weighted by Crippen LogP contribution is 2.59. The van der Waals surface area contributed by atoms with E-state index in [-0.39, 0.29) is 0 Å². The van der Waals surface area contributed by atoms with Crippen LogP contribution < -0.4 is 4.90 Å². The van der Waals surface area contributed by atoms with Gasteiger partial charge in [-0.2, -0.15) is 0 Å². The van der Waals surface area contributed by atoms with Crippen LogP contribution in [0.15, 0.2) is 224 Å². The fourth-order valence-corrected chi connectivity index (χ4v) is 8.86. The molecule has 0 aliphatic heterocycles. The van der Waals surface area contributed by atoms with Crippen molar-refractivity contribution >= 4 is 27.8 Å². The third-order valence-electron chi connectivity index (χ3n) is 11.2. The van der Waals surface area contributed by atoms with Crippen LogP contribution in [0.1, 0.15) is 22.3 Å². The molecule has 0 fully saturated rings. The molecule has 0 N–H and O–H groups in total. The Hall–Kier alpha value is -6.96. The van der Waals surface area contributed by atoms with Crippen LogP contribution in [-0.2, 0) is 5.41 Å². The molecule has 1 nitrogen and oxygen atoms in total. The van der Waals surface area contributed by atoms with Gasteiger partial charge in [-0.3, -0.25) is 0 Å². The lowest BCUT2D eigenvalue weighted by Crippen LogP contribution is -2.28. The second-order valence-electron chi connectivity index (χ2n) is 14.0. The number of para-hydroxylation sites is 2. The van der Waals surface area contributed by atoms with Crippen molar-refractivity contribution in [3.63, 3.8) is 0 Å². The monoisotopic (exact) mass is 687 g/mol. The van der Waals surface area contributed by atoms with E-state index < -0.39 is 5.41 Å². The summed E-state index contributed by atoms with van der Waals surface area (Å²) in [5, 5.41) is 2.52. The molecule has 0 saturated heterocycles. The highest BCUT2D eigenvalue weighted by Gasteiger charge is 2.47. The molecule has 54 heavy (non-hydrogen) atoms. The second kappa shape index (κ2) is 13.2. The standard InChI is InChI=1S/C53H37N/c1-4-20-41(21-5-1)53(42-22-6-2-7-23-42)48-30-14-12-28-47(48)52-49(53)31-17-33-51(52)54(43-24-8-3-9-25-43)50-32-15-13-27-46(50)40-36-34-39(35-37-40)45-29-16-19-38-18-10-11-26-44(38)45/h1-37H. The smallest absolute Gasteiger partial charge is 0.0714 e. The Morgan fingerprint density at radius 2 is 0.796 bits per heavy atom. The van der Waals surface area contributed by atoms with Gasteiger partial charge in [0.15, 0.2) is 0 Å². The molecule has 0 heterocycles. The van der Waals surface area contributed by atoms with Gasteiger partial charge in [0.2, 0.25) is 0 Å². The summed E-state index contributed by atoms with van der Waals surface area (Å²) < 4.78 is 0. The molecule has 10 rings (SSSR count). The van der Waals surface area contributed by atoms with Crippen LogP contribution in [0, 0.1) is 0 Å². The second-order valence-corrected chi connectivity index (χ2v) is 14.0. The molecule has 0 radical (unpaired) electrons. The average molecular weight is 688 g/mol.